The molecular weight excluding hydrogens is 472 g/mol. The van der Waals surface area contributed by atoms with E-state index in [2.05, 4.69) is 53.3 Å². The van der Waals surface area contributed by atoms with Gasteiger partial charge in [-0.2, -0.15) is 0 Å². The Morgan fingerprint density at radius 2 is 1.78 bits per heavy atom. The zero-order chi connectivity index (χ0) is 25.5. The molecule has 0 radical (unpaired) electrons. The number of carbonyl (C=O) groups is 2. The number of rotatable bonds is 11. The third-order valence-corrected chi connectivity index (χ3v) is 7.86. The van der Waals surface area contributed by atoms with Gasteiger partial charge < -0.3 is 24.8 Å². The van der Waals surface area contributed by atoms with Gasteiger partial charge in [0.25, 0.3) is 5.91 Å². The standard InChI is InChI=1S/C28H38N4O3S/c1-4-12-29-18-23-16-24-26(36-23)17-25(32(24)19-20-6-8-22(35-3)9-7-20)28(34)31-14-10-21(11-15-31)27(33)30-13-5-2/h6-9,16-17,21,29H,4-5,10-15,18-19H2,1-3H3,(H,30,33). The van der Waals surface area contributed by atoms with Crippen LogP contribution in [0.25, 0.3) is 10.2 Å². The summed E-state index contributed by atoms with van der Waals surface area (Å²) < 4.78 is 8.60. The molecule has 1 aliphatic rings. The molecule has 1 aromatic carbocycles. The highest BCUT2D eigenvalue weighted by Gasteiger charge is 2.29. The molecular formula is C28H38N4O3S. The van der Waals surface area contributed by atoms with Crippen molar-refractivity contribution >= 4 is 33.4 Å². The first kappa shape index (κ1) is 26.2. The van der Waals surface area contributed by atoms with Gasteiger partial charge in [-0.15, -0.1) is 11.3 Å². The van der Waals surface area contributed by atoms with Gasteiger partial charge in [-0.05, 0) is 62.1 Å². The molecule has 0 spiro atoms. The Bertz CT molecular complexity index is 1160. The van der Waals surface area contributed by atoms with Crippen molar-refractivity contribution in [3.05, 3.63) is 52.5 Å². The van der Waals surface area contributed by atoms with Crippen molar-refractivity contribution in [2.24, 2.45) is 5.92 Å². The Morgan fingerprint density at radius 3 is 2.44 bits per heavy atom. The molecule has 0 saturated carbocycles. The number of benzene rings is 1. The maximum Gasteiger partial charge on any atom is 0.270 e. The van der Waals surface area contributed by atoms with Crippen molar-refractivity contribution < 1.29 is 14.3 Å². The van der Waals surface area contributed by atoms with Crippen LogP contribution < -0.4 is 15.4 Å². The highest BCUT2D eigenvalue weighted by molar-refractivity contribution is 7.19. The largest absolute Gasteiger partial charge is 0.497 e. The van der Waals surface area contributed by atoms with Crippen molar-refractivity contribution in [1.29, 1.82) is 0 Å². The number of methoxy groups -OCH3 is 1. The monoisotopic (exact) mass is 510 g/mol. The molecule has 1 aliphatic heterocycles. The zero-order valence-corrected chi connectivity index (χ0v) is 22.5. The first-order chi connectivity index (χ1) is 17.5. The van der Waals surface area contributed by atoms with E-state index in [0.717, 1.165) is 47.5 Å². The maximum atomic E-state index is 13.7. The smallest absolute Gasteiger partial charge is 0.270 e. The summed E-state index contributed by atoms with van der Waals surface area (Å²) in [5.74, 6) is 0.980. The Kier molecular flexibility index (Phi) is 9.04. The van der Waals surface area contributed by atoms with E-state index < -0.39 is 0 Å². The lowest BCUT2D eigenvalue weighted by Crippen LogP contribution is -2.43. The average Bonchev–Trinajstić information content (AvgIpc) is 3.46. The minimum absolute atomic E-state index is 0.00615. The van der Waals surface area contributed by atoms with Crippen LogP contribution in [0.4, 0.5) is 0 Å². The SMILES string of the molecule is CCCNCc1cc2c(cc(C(=O)N3CCC(C(=O)NCCC)CC3)n2Cc2ccc(OC)cc2)s1. The number of carbonyl (C=O) groups excluding carboxylic acids is 2. The molecule has 0 aliphatic carbocycles. The van der Waals surface area contributed by atoms with Crippen molar-refractivity contribution in [1.82, 2.24) is 20.1 Å². The van der Waals surface area contributed by atoms with E-state index in [1.165, 1.54) is 4.88 Å². The van der Waals surface area contributed by atoms with Crippen LogP contribution in [0.15, 0.2) is 36.4 Å². The van der Waals surface area contributed by atoms with Gasteiger partial charge in [0.2, 0.25) is 5.91 Å². The van der Waals surface area contributed by atoms with Crippen LogP contribution >= 0.6 is 11.3 Å². The van der Waals surface area contributed by atoms with E-state index in [1.807, 2.05) is 17.0 Å². The van der Waals surface area contributed by atoms with Crippen molar-refractivity contribution in [2.45, 2.75) is 52.6 Å². The fourth-order valence-electron chi connectivity index (χ4n) is 4.73. The molecule has 7 nitrogen and oxygen atoms in total. The number of hydrogen-bond donors (Lipinski definition) is 2. The zero-order valence-electron chi connectivity index (χ0n) is 21.6. The van der Waals surface area contributed by atoms with Crippen LogP contribution in [-0.2, 0) is 17.9 Å². The van der Waals surface area contributed by atoms with Gasteiger partial charge in [-0.1, -0.05) is 26.0 Å². The van der Waals surface area contributed by atoms with Gasteiger partial charge in [0.05, 0.1) is 17.3 Å². The molecule has 0 unspecified atom stereocenters. The molecule has 0 bridgehead atoms. The van der Waals surface area contributed by atoms with E-state index >= 15 is 0 Å². The second-order valence-electron chi connectivity index (χ2n) is 9.46. The summed E-state index contributed by atoms with van der Waals surface area (Å²) in [6.07, 6.45) is 3.45. The molecule has 2 N–H and O–H groups in total. The topological polar surface area (TPSA) is 75.6 Å². The predicted molar refractivity (Wildman–Crippen MR) is 146 cm³/mol. The Morgan fingerprint density at radius 1 is 1.06 bits per heavy atom. The predicted octanol–water partition coefficient (Wildman–Crippen LogP) is 4.64. The molecule has 194 valence electrons. The van der Waals surface area contributed by atoms with E-state index in [9.17, 15) is 9.59 Å². The summed E-state index contributed by atoms with van der Waals surface area (Å²) in [6.45, 7) is 8.59. The number of nitrogens with one attached hydrogen (secondary N) is 2. The number of piperidine rings is 1. The molecule has 1 saturated heterocycles. The first-order valence-corrected chi connectivity index (χ1v) is 13.9. The molecule has 1 fully saturated rings. The van der Waals surface area contributed by atoms with Crippen LogP contribution in [0.3, 0.4) is 0 Å². The van der Waals surface area contributed by atoms with E-state index in [0.29, 0.717) is 44.7 Å². The summed E-state index contributed by atoms with van der Waals surface area (Å²) in [6, 6.07) is 12.3. The van der Waals surface area contributed by atoms with Crippen molar-refractivity contribution in [3.8, 4) is 5.75 Å². The number of amides is 2. The number of ether oxygens (including phenoxy) is 1. The highest BCUT2D eigenvalue weighted by Crippen LogP contribution is 2.31. The van der Waals surface area contributed by atoms with Gasteiger partial charge in [0, 0.05) is 43.5 Å². The molecule has 3 aromatic rings. The molecule has 2 aromatic heterocycles. The summed E-state index contributed by atoms with van der Waals surface area (Å²) >= 11 is 1.75. The molecule has 0 atom stereocenters. The van der Waals surface area contributed by atoms with Crippen molar-refractivity contribution in [3.63, 3.8) is 0 Å². The Balaban J connectivity index is 1.55. The second kappa shape index (κ2) is 12.4. The van der Waals surface area contributed by atoms with Crippen LogP contribution in [-0.4, -0.2) is 54.6 Å². The number of nitrogens with zero attached hydrogens (tertiary/aromatic N) is 2. The molecule has 4 rings (SSSR count). The lowest BCUT2D eigenvalue weighted by molar-refractivity contribution is -0.126. The van der Waals surface area contributed by atoms with Crippen LogP contribution in [0.2, 0.25) is 0 Å². The number of likely N-dealkylation sites (tertiary alicyclic amines) is 1. The lowest BCUT2D eigenvalue weighted by atomic mass is 9.95. The minimum atomic E-state index is -0.00615. The summed E-state index contributed by atoms with van der Waals surface area (Å²) in [5.41, 5.74) is 2.93. The van der Waals surface area contributed by atoms with Crippen LogP contribution in [0.1, 0.15) is 60.5 Å². The molecule has 36 heavy (non-hydrogen) atoms. The Hall–Kier alpha value is -2.84. The number of aromatic nitrogens is 1. The highest BCUT2D eigenvalue weighted by atomic mass is 32.1. The van der Waals surface area contributed by atoms with Gasteiger partial charge in [0.1, 0.15) is 11.4 Å². The average molecular weight is 511 g/mol. The molecule has 3 heterocycles. The third kappa shape index (κ3) is 6.10. The molecule has 8 heteroatoms. The normalized spacial score (nSPS) is 14.4. The summed E-state index contributed by atoms with van der Waals surface area (Å²) in [5, 5.41) is 6.48. The second-order valence-corrected chi connectivity index (χ2v) is 10.6. The van der Waals surface area contributed by atoms with Crippen LogP contribution in [0, 0.1) is 5.92 Å². The van der Waals surface area contributed by atoms with Gasteiger partial charge >= 0.3 is 0 Å². The third-order valence-electron chi connectivity index (χ3n) is 6.79. The molecule has 2 amide bonds. The summed E-state index contributed by atoms with van der Waals surface area (Å²) in [7, 11) is 1.66. The first-order valence-electron chi connectivity index (χ1n) is 13.1. The minimum Gasteiger partial charge on any atom is -0.497 e. The lowest BCUT2D eigenvalue weighted by Gasteiger charge is -2.31. The maximum absolute atomic E-state index is 13.7. The van der Waals surface area contributed by atoms with E-state index in [4.69, 9.17) is 4.74 Å². The van der Waals surface area contributed by atoms with Gasteiger partial charge in [0.15, 0.2) is 0 Å². The van der Waals surface area contributed by atoms with Crippen LogP contribution in [0.5, 0.6) is 5.75 Å². The summed E-state index contributed by atoms with van der Waals surface area (Å²) in [4.78, 5) is 29.3. The number of hydrogen-bond acceptors (Lipinski definition) is 5. The fourth-order valence-corrected chi connectivity index (χ4v) is 5.80. The fraction of sp³-hybridized carbons (Fsp3) is 0.500. The number of thiophene rings is 1. The Labute approximate surface area is 217 Å². The quantitative estimate of drug-likeness (QED) is 0.369. The van der Waals surface area contributed by atoms with E-state index in [1.54, 1.807) is 18.4 Å². The van der Waals surface area contributed by atoms with E-state index in [-0.39, 0.29) is 17.7 Å². The van der Waals surface area contributed by atoms with Crippen molar-refractivity contribution in [2.75, 3.05) is 33.3 Å². The number of fused-ring (bicyclic) bond motifs is 1. The van der Waals surface area contributed by atoms with Gasteiger partial charge in [-0.25, -0.2) is 0 Å². The van der Waals surface area contributed by atoms with Gasteiger partial charge in [-0.3, -0.25) is 9.59 Å².